The number of carbonyl (C=O) groups excluding carboxylic acids is 1. The minimum absolute atomic E-state index is 0.135. The molecule has 1 atom stereocenters. The molecule has 0 radical (unpaired) electrons. The molecule has 13 heteroatoms. The smallest absolute Gasteiger partial charge is 0.406 e. The lowest BCUT2D eigenvalue weighted by atomic mass is 10.2. The largest absolute Gasteiger partial charge is 0.573 e. The maximum absolute atomic E-state index is 13.1. The molecule has 0 bridgehead atoms. The van der Waals surface area contributed by atoms with Gasteiger partial charge in [0.25, 0.3) is 0 Å². The highest BCUT2D eigenvalue weighted by Crippen LogP contribution is 2.30. The Kier molecular flexibility index (Phi) is 6.05. The molecule has 7 nitrogen and oxygen atoms in total. The number of aromatic nitrogens is 3. The van der Waals surface area contributed by atoms with Crippen LogP contribution in [-0.2, 0) is 9.73 Å². The number of carbonyl (C=O) groups is 1. The van der Waals surface area contributed by atoms with E-state index in [2.05, 4.69) is 19.4 Å². The van der Waals surface area contributed by atoms with Gasteiger partial charge in [-0.3, -0.25) is 4.79 Å². The molecule has 0 saturated heterocycles. The van der Waals surface area contributed by atoms with Crippen LogP contribution in [0.3, 0.4) is 0 Å². The van der Waals surface area contributed by atoms with Crippen molar-refractivity contribution >= 4 is 27.2 Å². The number of hydrogen-bond acceptors (Lipinski definition) is 5. The van der Waals surface area contributed by atoms with Crippen molar-refractivity contribution in [1.29, 1.82) is 0 Å². The van der Waals surface area contributed by atoms with Gasteiger partial charge in [-0.05, 0) is 43.3 Å². The average molecular weight is 477 g/mol. The van der Waals surface area contributed by atoms with E-state index in [4.69, 9.17) is 11.6 Å². The molecule has 0 aliphatic rings. The molecular formula is C18H13ClF4N4O3S. The fourth-order valence-corrected chi connectivity index (χ4v) is 3.95. The number of ether oxygens (including phenoxy) is 1. The second-order valence-electron chi connectivity index (χ2n) is 6.25. The first-order valence-corrected chi connectivity index (χ1v) is 10.7. The van der Waals surface area contributed by atoms with Crippen molar-refractivity contribution in [2.45, 2.75) is 18.2 Å². The van der Waals surface area contributed by atoms with E-state index in [9.17, 15) is 26.6 Å². The van der Waals surface area contributed by atoms with Crippen LogP contribution in [0.1, 0.15) is 16.2 Å². The van der Waals surface area contributed by atoms with E-state index in [0.29, 0.717) is 0 Å². The molecule has 0 N–H and O–H groups in total. The third kappa shape index (κ3) is 5.20. The maximum atomic E-state index is 13.1. The van der Waals surface area contributed by atoms with E-state index in [0.717, 1.165) is 28.9 Å². The summed E-state index contributed by atoms with van der Waals surface area (Å²) in [5, 5.41) is 7.36. The lowest BCUT2D eigenvalue weighted by Gasteiger charge is -2.11. The van der Waals surface area contributed by atoms with Crippen LogP contribution in [0, 0.1) is 12.7 Å². The summed E-state index contributed by atoms with van der Waals surface area (Å²) < 4.78 is 71.5. The topological polar surface area (TPSA) is 86.4 Å². The highest BCUT2D eigenvalue weighted by Gasteiger charge is 2.31. The summed E-state index contributed by atoms with van der Waals surface area (Å²) in [7, 11) is -3.20. The number of benzene rings is 2. The Balaban J connectivity index is 1.94. The first-order chi connectivity index (χ1) is 14.4. The Labute approximate surface area is 178 Å². The molecule has 0 spiro atoms. The van der Waals surface area contributed by atoms with E-state index >= 15 is 0 Å². The fraction of sp³-hybridized carbons (Fsp3) is 0.167. The van der Waals surface area contributed by atoms with Gasteiger partial charge in [-0.2, -0.15) is 4.36 Å². The summed E-state index contributed by atoms with van der Waals surface area (Å²) in [4.78, 5) is 12.7. The van der Waals surface area contributed by atoms with Crippen molar-refractivity contribution < 1.29 is 31.3 Å². The molecule has 31 heavy (non-hydrogen) atoms. The molecule has 1 aromatic heterocycles. The Hall–Kier alpha value is -2.99. The Morgan fingerprint density at radius 3 is 2.42 bits per heavy atom. The van der Waals surface area contributed by atoms with Crippen LogP contribution >= 0.6 is 11.6 Å². The lowest BCUT2D eigenvalue weighted by molar-refractivity contribution is -0.274. The predicted molar refractivity (Wildman–Crippen MR) is 103 cm³/mol. The summed E-state index contributed by atoms with van der Waals surface area (Å²) in [6.45, 7) is 1.45. The second-order valence-corrected chi connectivity index (χ2v) is 8.92. The minimum Gasteiger partial charge on any atom is -0.406 e. The van der Waals surface area contributed by atoms with Gasteiger partial charge in [0.2, 0.25) is 0 Å². The number of rotatable bonds is 4. The van der Waals surface area contributed by atoms with Crippen molar-refractivity contribution in [1.82, 2.24) is 15.0 Å². The van der Waals surface area contributed by atoms with Crippen molar-refractivity contribution in [2.75, 3.05) is 6.26 Å². The first-order valence-electron chi connectivity index (χ1n) is 8.37. The van der Waals surface area contributed by atoms with Gasteiger partial charge in [-0.1, -0.05) is 16.8 Å². The van der Waals surface area contributed by atoms with Gasteiger partial charge in [0.15, 0.2) is 5.69 Å². The Bertz CT molecular complexity index is 1270. The second kappa shape index (κ2) is 8.27. The molecule has 3 rings (SSSR count). The zero-order valence-electron chi connectivity index (χ0n) is 15.9. The molecule has 2 aromatic carbocycles. The number of alkyl halides is 3. The summed E-state index contributed by atoms with van der Waals surface area (Å²) in [5.74, 6) is -2.00. The summed E-state index contributed by atoms with van der Waals surface area (Å²) >= 11 is 6.03. The molecule has 0 saturated carbocycles. The van der Waals surface area contributed by atoms with Crippen LogP contribution in [0.5, 0.6) is 5.75 Å². The van der Waals surface area contributed by atoms with Gasteiger partial charge in [0, 0.05) is 17.2 Å². The van der Waals surface area contributed by atoms with Gasteiger partial charge in [0.05, 0.1) is 26.1 Å². The Morgan fingerprint density at radius 2 is 1.84 bits per heavy atom. The molecule has 0 aliphatic heterocycles. The molecular weight excluding hydrogens is 464 g/mol. The van der Waals surface area contributed by atoms with E-state index < -0.39 is 33.6 Å². The van der Waals surface area contributed by atoms with Gasteiger partial charge in [-0.15, -0.1) is 18.3 Å². The van der Waals surface area contributed by atoms with Gasteiger partial charge in [0.1, 0.15) is 11.6 Å². The summed E-state index contributed by atoms with van der Waals surface area (Å²) in [5.41, 5.74) is 0.0637. The zero-order chi connectivity index (χ0) is 23.0. The van der Waals surface area contributed by atoms with Gasteiger partial charge >= 0.3 is 12.3 Å². The normalized spacial score (nSPS) is 13.5. The minimum atomic E-state index is -4.88. The van der Waals surface area contributed by atoms with E-state index in [-0.39, 0.29) is 27.0 Å². The molecule has 1 amide bonds. The van der Waals surface area contributed by atoms with Crippen LogP contribution in [0.25, 0.3) is 5.69 Å². The van der Waals surface area contributed by atoms with Crippen LogP contribution in [0.15, 0.2) is 51.7 Å². The third-order valence-corrected chi connectivity index (χ3v) is 5.95. The number of hydrogen-bond donors (Lipinski definition) is 0. The van der Waals surface area contributed by atoms with Crippen molar-refractivity contribution in [2.24, 2.45) is 4.36 Å². The van der Waals surface area contributed by atoms with Crippen LogP contribution in [-0.4, -0.2) is 37.7 Å². The van der Waals surface area contributed by atoms with Gasteiger partial charge < -0.3 is 4.74 Å². The molecule has 0 aliphatic carbocycles. The fourth-order valence-electron chi connectivity index (χ4n) is 2.55. The van der Waals surface area contributed by atoms with E-state index in [1.165, 1.54) is 31.4 Å². The van der Waals surface area contributed by atoms with Crippen molar-refractivity contribution in [3.8, 4) is 11.4 Å². The molecule has 3 aromatic rings. The number of amides is 1. The predicted octanol–water partition coefficient (Wildman–Crippen LogP) is 4.56. The maximum Gasteiger partial charge on any atom is 0.573 e. The summed E-state index contributed by atoms with van der Waals surface area (Å²) in [6, 6.07) is 7.85. The molecule has 1 unspecified atom stereocenters. The van der Waals surface area contributed by atoms with Crippen LogP contribution in [0.2, 0.25) is 5.02 Å². The molecule has 1 heterocycles. The molecule has 0 fully saturated rings. The monoisotopic (exact) mass is 476 g/mol. The lowest BCUT2D eigenvalue weighted by Crippen LogP contribution is -2.17. The SMILES string of the molecule is Cc1c(C(=O)N=S(C)(=O)c2ccc(F)cc2)nnn1-c1ccc(OC(F)(F)F)cc1Cl. The van der Waals surface area contributed by atoms with E-state index in [1.807, 2.05) is 0 Å². The van der Waals surface area contributed by atoms with Gasteiger partial charge in [-0.25, -0.2) is 13.3 Å². The zero-order valence-corrected chi connectivity index (χ0v) is 17.4. The third-order valence-electron chi connectivity index (χ3n) is 3.99. The van der Waals surface area contributed by atoms with Crippen molar-refractivity contribution in [3.05, 3.63) is 64.7 Å². The van der Waals surface area contributed by atoms with E-state index in [1.54, 1.807) is 0 Å². The van der Waals surface area contributed by atoms with Crippen LogP contribution in [0.4, 0.5) is 17.6 Å². The number of halogens is 5. The first kappa shape index (κ1) is 22.7. The van der Waals surface area contributed by atoms with Crippen molar-refractivity contribution in [3.63, 3.8) is 0 Å². The highest BCUT2D eigenvalue weighted by atomic mass is 35.5. The standard InChI is InChI=1S/C18H13ClF4N4O3S/c1-10-16(17(28)25-31(2,29)13-6-3-11(20)4-7-13)24-26-27(10)15-8-5-12(9-14(15)19)30-18(21,22)23/h3-9H,1-2H3. The average Bonchev–Trinajstić information content (AvgIpc) is 3.02. The Morgan fingerprint density at radius 1 is 1.19 bits per heavy atom. The molecule has 164 valence electrons. The number of nitrogens with zero attached hydrogens (tertiary/aromatic N) is 4. The highest BCUT2D eigenvalue weighted by molar-refractivity contribution is 7.93. The quantitative estimate of drug-likeness (QED) is 0.515. The van der Waals surface area contributed by atoms with Crippen LogP contribution < -0.4 is 4.74 Å². The summed E-state index contributed by atoms with van der Waals surface area (Å²) in [6.07, 6.45) is -3.67.